The van der Waals surface area contributed by atoms with E-state index in [4.69, 9.17) is 14.2 Å². The van der Waals surface area contributed by atoms with Crippen molar-refractivity contribution in [3.05, 3.63) is 30.0 Å². The standard InChI is InChI=1S/C21H22F2N4O3S/c1-28-14-8-15(29-2)18(23)16(17(14)22)13-7-11-9-25-21(31-3)27-19(11)20(26-13)24-10-12-5-4-6-30-12/h7-9,12H,4-6,10H2,1-3H3,(H,24,26). The van der Waals surface area contributed by atoms with Gasteiger partial charge in [-0.3, -0.25) is 0 Å². The molecule has 1 fully saturated rings. The number of fused-ring (bicyclic) bond motifs is 1. The zero-order valence-electron chi connectivity index (χ0n) is 17.4. The van der Waals surface area contributed by atoms with E-state index in [9.17, 15) is 0 Å². The van der Waals surface area contributed by atoms with Crippen LogP contribution >= 0.6 is 11.8 Å². The maximum atomic E-state index is 15.1. The van der Waals surface area contributed by atoms with E-state index in [1.54, 1.807) is 12.3 Å². The van der Waals surface area contributed by atoms with Gasteiger partial charge in [-0.15, -0.1) is 0 Å². The van der Waals surface area contributed by atoms with Crippen molar-refractivity contribution in [1.29, 1.82) is 0 Å². The van der Waals surface area contributed by atoms with Crippen LogP contribution in [0.2, 0.25) is 0 Å². The molecule has 1 unspecified atom stereocenters. The highest BCUT2D eigenvalue weighted by atomic mass is 32.2. The summed E-state index contributed by atoms with van der Waals surface area (Å²) in [7, 11) is 2.61. The summed E-state index contributed by atoms with van der Waals surface area (Å²) < 4.78 is 45.9. The summed E-state index contributed by atoms with van der Waals surface area (Å²) in [5.74, 6) is -1.60. The van der Waals surface area contributed by atoms with Crippen LogP contribution < -0.4 is 14.8 Å². The molecule has 4 rings (SSSR count). The minimum Gasteiger partial charge on any atom is -0.494 e. The van der Waals surface area contributed by atoms with E-state index in [1.165, 1.54) is 32.0 Å². The molecule has 0 saturated carbocycles. The Morgan fingerprint density at radius 1 is 1.16 bits per heavy atom. The molecular formula is C21H22F2N4O3S. The second-order valence-electron chi connectivity index (χ2n) is 6.95. The normalized spacial score (nSPS) is 16.0. The van der Waals surface area contributed by atoms with Crippen LogP contribution in [0.3, 0.4) is 0 Å². The highest BCUT2D eigenvalue weighted by Crippen LogP contribution is 2.38. The molecule has 10 heteroatoms. The molecule has 3 heterocycles. The Labute approximate surface area is 182 Å². The van der Waals surface area contributed by atoms with E-state index in [0.717, 1.165) is 19.4 Å². The van der Waals surface area contributed by atoms with Crippen LogP contribution in [0, 0.1) is 11.6 Å². The first-order valence-electron chi connectivity index (χ1n) is 9.73. The molecule has 0 aliphatic carbocycles. The van der Waals surface area contributed by atoms with Crippen LogP contribution in [0.15, 0.2) is 23.5 Å². The van der Waals surface area contributed by atoms with Gasteiger partial charge in [-0.25, -0.2) is 23.7 Å². The fraction of sp³-hybridized carbons (Fsp3) is 0.381. The Kier molecular flexibility index (Phi) is 6.38. The first-order chi connectivity index (χ1) is 15.0. The number of thioether (sulfide) groups is 1. The lowest BCUT2D eigenvalue weighted by molar-refractivity contribution is 0.120. The van der Waals surface area contributed by atoms with Crippen LogP contribution in [0.25, 0.3) is 22.2 Å². The van der Waals surface area contributed by atoms with Crippen LogP contribution in [-0.2, 0) is 4.74 Å². The molecule has 31 heavy (non-hydrogen) atoms. The number of nitrogens with one attached hydrogen (secondary N) is 1. The molecule has 7 nitrogen and oxygen atoms in total. The van der Waals surface area contributed by atoms with Crippen molar-refractivity contribution < 1.29 is 23.0 Å². The molecule has 2 aromatic heterocycles. The predicted molar refractivity (Wildman–Crippen MR) is 115 cm³/mol. The molecule has 0 amide bonds. The lowest BCUT2D eigenvalue weighted by atomic mass is 10.1. The van der Waals surface area contributed by atoms with Gasteiger partial charge in [-0.2, -0.15) is 0 Å². The third kappa shape index (κ3) is 4.22. The van der Waals surface area contributed by atoms with Crippen molar-refractivity contribution in [3.63, 3.8) is 0 Å². The number of aromatic nitrogens is 3. The molecule has 1 aliphatic rings. The number of nitrogens with zero attached hydrogens (tertiary/aromatic N) is 3. The minimum atomic E-state index is -0.862. The van der Waals surface area contributed by atoms with Gasteiger partial charge in [0.1, 0.15) is 5.52 Å². The summed E-state index contributed by atoms with van der Waals surface area (Å²) >= 11 is 1.40. The molecule has 1 N–H and O–H groups in total. The van der Waals surface area contributed by atoms with E-state index in [0.29, 0.717) is 28.4 Å². The van der Waals surface area contributed by atoms with E-state index in [1.807, 2.05) is 6.26 Å². The molecular weight excluding hydrogens is 426 g/mol. The third-order valence-electron chi connectivity index (χ3n) is 5.08. The number of benzene rings is 1. The highest BCUT2D eigenvalue weighted by Gasteiger charge is 2.24. The van der Waals surface area contributed by atoms with Crippen LogP contribution in [0.4, 0.5) is 14.6 Å². The summed E-state index contributed by atoms with van der Waals surface area (Å²) in [5, 5.41) is 4.41. The molecule has 1 atom stereocenters. The number of ether oxygens (including phenoxy) is 3. The number of rotatable bonds is 7. The molecule has 1 aromatic carbocycles. The van der Waals surface area contributed by atoms with Gasteiger partial charge in [0.25, 0.3) is 0 Å². The summed E-state index contributed by atoms with van der Waals surface area (Å²) in [6.45, 7) is 1.23. The number of pyridine rings is 1. The Morgan fingerprint density at radius 3 is 2.52 bits per heavy atom. The number of halogens is 2. The summed E-state index contributed by atoms with van der Waals surface area (Å²) in [5.41, 5.74) is 0.305. The Bertz CT molecular complexity index is 1080. The number of hydrogen-bond donors (Lipinski definition) is 1. The smallest absolute Gasteiger partial charge is 0.187 e. The van der Waals surface area contributed by atoms with Gasteiger partial charge in [-0.05, 0) is 25.2 Å². The number of anilines is 1. The Balaban J connectivity index is 1.87. The number of methoxy groups -OCH3 is 2. The van der Waals surface area contributed by atoms with Crippen LogP contribution in [0.5, 0.6) is 11.5 Å². The van der Waals surface area contributed by atoms with Gasteiger partial charge in [0.15, 0.2) is 34.1 Å². The Morgan fingerprint density at radius 2 is 1.90 bits per heavy atom. The predicted octanol–water partition coefficient (Wildman–Crippen LogP) is 4.30. The largest absolute Gasteiger partial charge is 0.494 e. The van der Waals surface area contributed by atoms with Gasteiger partial charge >= 0.3 is 0 Å². The van der Waals surface area contributed by atoms with Crippen molar-refractivity contribution in [2.45, 2.75) is 24.1 Å². The molecule has 3 aromatic rings. The summed E-state index contributed by atoms with van der Waals surface area (Å²) in [6.07, 6.45) is 5.47. The van der Waals surface area contributed by atoms with Crippen LogP contribution in [0.1, 0.15) is 12.8 Å². The topological polar surface area (TPSA) is 78.4 Å². The fourth-order valence-corrected chi connectivity index (χ4v) is 3.84. The van der Waals surface area contributed by atoms with E-state index in [2.05, 4.69) is 20.3 Å². The fourth-order valence-electron chi connectivity index (χ4n) is 3.50. The average molecular weight is 448 g/mol. The van der Waals surface area contributed by atoms with E-state index in [-0.39, 0.29) is 28.9 Å². The SMILES string of the molecule is COc1cc(OC)c(F)c(-c2cc3cnc(SC)nc3c(NCC3CCCO3)n2)c1F. The van der Waals surface area contributed by atoms with Gasteiger partial charge < -0.3 is 19.5 Å². The first-order valence-corrected chi connectivity index (χ1v) is 11.0. The van der Waals surface area contributed by atoms with Gasteiger partial charge in [0.05, 0.1) is 31.6 Å². The molecule has 164 valence electrons. The van der Waals surface area contributed by atoms with Crippen molar-refractivity contribution in [2.24, 2.45) is 0 Å². The van der Waals surface area contributed by atoms with Crippen molar-refractivity contribution >= 4 is 28.5 Å². The Hall–Kier alpha value is -2.72. The first kappa shape index (κ1) is 21.5. The van der Waals surface area contributed by atoms with Gasteiger partial charge in [0.2, 0.25) is 0 Å². The quantitative estimate of drug-likeness (QED) is 0.423. The second-order valence-corrected chi connectivity index (χ2v) is 7.72. The average Bonchev–Trinajstić information content (AvgIpc) is 3.31. The van der Waals surface area contributed by atoms with Crippen molar-refractivity contribution in [3.8, 4) is 22.8 Å². The molecule has 1 saturated heterocycles. The molecule has 1 aliphatic heterocycles. The van der Waals surface area contributed by atoms with Crippen molar-refractivity contribution in [1.82, 2.24) is 15.0 Å². The molecule has 0 bridgehead atoms. The van der Waals surface area contributed by atoms with Gasteiger partial charge in [0, 0.05) is 30.8 Å². The summed E-state index contributed by atoms with van der Waals surface area (Å²) in [6, 6.07) is 2.72. The van der Waals surface area contributed by atoms with Gasteiger partial charge in [-0.1, -0.05) is 11.8 Å². The highest BCUT2D eigenvalue weighted by molar-refractivity contribution is 7.98. The second kappa shape index (κ2) is 9.19. The minimum absolute atomic E-state index is 0.0488. The van der Waals surface area contributed by atoms with E-state index < -0.39 is 11.6 Å². The monoisotopic (exact) mass is 448 g/mol. The number of hydrogen-bond acceptors (Lipinski definition) is 8. The molecule has 0 radical (unpaired) electrons. The maximum absolute atomic E-state index is 15.1. The van der Waals surface area contributed by atoms with E-state index >= 15 is 8.78 Å². The lowest BCUT2D eigenvalue weighted by Crippen LogP contribution is -2.19. The third-order valence-corrected chi connectivity index (χ3v) is 5.64. The summed E-state index contributed by atoms with van der Waals surface area (Å²) in [4.78, 5) is 13.3. The van der Waals surface area contributed by atoms with Crippen LogP contribution in [-0.4, -0.2) is 54.7 Å². The zero-order valence-corrected chi connectivity index (χ0v) is 18.2. The maximum Gasteiger partial charge on any atom is 0.187 e. The lowest BCUT2D eigenvalue weighted by Gasteiger charge is -2.16. The molecule has 0 spiro atoms. The zero-order chi connectivity index (χ0) is 22.0. The van der Waals surface area contributed by atoms with Crippen molar-refractivity contribution in [2.75, 3.05) is 38.9 Å².